The van der Waals surface area contributed by atoms with Crippen LogP contribution in [-0.4, -0.2) is 22.3 Å². The highest BCUT2D eigenvalue weighted by atomic mass is 16.1. The van der Waals surface area contributed by atoms with Crippen LogP contribution in [0, 0.1) is 11.3 Å². The van der Waals surface area contributed by atoms with E-state index in [2.05, 4.69) is 21.5 Å². The number of rotatable bonds is 3. The molecule has 0 saturated carbocycles. The Morgan fingerprint density at radius 3 is 3.00 bits per heavy atom. The van der Waals surface area contributed by atoms with Gasteiger partial charge in [-0.25, -0.2) is 4.98 Å². The van der Waals surface area contributed by atoms with Gasteiger partial charge >= 0.3 is 0 Å². The second-order valence-electron chi connectivity index (χ2n) is 4.44. The maximum atomic E-state index is 11.5. The summed E-state index contributed by atoms with van der Waals surface area (Å²) in [6.07, 6.45) is 7.50. The van der Waals surface area contributed by atoms with Crippen LogP contribution in [0.5, 0.6) is 0 Å². The van der Waals surface area contributed by atoms with Crippen LogP contribution in [0.1, 0.15) is 11.1 Å². The number of carbonyl (C=O) groups excluding carboxylic acids is 1. The molecular weight excluding hydrogens is 266 g/mol. The van der Waals surface area contributed by atoms with Crippen LogP contribution < -0.4 is 10.4 Å². The summed E-state index contributed by atoms with van der Waals surface area (Å²) in [7, 11) is 0. The van der Waals surface area contributed by atoms with Gasteiger partial charge in [0.25, 0.3) is 0 Å². The molecule has 3 rings (SSSR count). The summed E-state index contributed by atoms with van der Waals surface area (Å²) in [5, 5.41) is 10.6. The van der Waals surface area contributed by atoms with Gasteiger partial charge in [-0.1, -0.05) is 6.07 Å². The summed E-state index contributed by atoms with van der Waals surface area (Å²) in [6.45, 7) is 0. The lowest BCUT2D eigenvalue weighted by molar-refractivity contribution is -0.107. The number of nitriles is 1. The highest BCUT2D eigenvalue weighted by Crippen LogP contribution is 2.27. The molecule has 0 spiro atoms. The van der Waals surface area contributed by atoms with Crippen molar-refractivity contribution in [3.63, 3.8) is 0 Å². The minimum absolute atomic E-state index is 0.487. The highest BCUT2D eigenvalue weighted by Gasteiger charge is 2.29. The van der Waals surface area contributed by atoms with Gasteiger partial charge < -0.3 is 10.2 Å². The molecule has 2 aromatic rings. The number of aromatic nitrogens is 2. The smallest absolute Gasteiger partial charge is 0.149 e. The lowest BCUT2D eigenvalue weighted by atomic mass is 10.0. The largest absolute Gasteiger partial charge is 0.303 e. The van der Waals surface area contributed by atoms with Gasteiger partial charge in [-0.05, 0) is 12.1 Å². The third-order valence-electron chi connectivity index (χ3n) is 3.20. The Bertz CT molecular complexity index is 735. The zero-order valence-corrected chi connectivity index (χ0v) is 11.0. The summed E-state index contributed by atoms with van der Waals surface area (Å²) in [5.74, 6) is 0.515. The highest BCUT2D eigenvalue weighted by molar-refractivity contribution is 5.89. The molecule has 1 aliphatic rings. The van der Waals surface area contributed by atoms with Gasteiger partial charge in [0.05, 0.1) is 11.6 Å². The molecule has 0 fully saturated rings. The fourth-order valence-corrected chi connectivity index (χ4v) is 2.19. The Morgan fingerprint density at radius 2 is 2.29 bits per heavy atom. The van der Waals surface area contributed by atoms with E-state index in [0.717, 1.165) is 17.4 Å². The predicted octanol–water partition coefficient (Wildman–Crippen LogP) is 1.28. The molecule has 0 amide bonds. The van der Waals surface area contributed by atoms with Crippen molar-refractivity contribution in [3.05, 3.63) is 60.2 Å². The molecule has 1 aliphatic heterocycles. The fraction of sp³-hybridized carbons (Fsp3) is 0.0667. The first-order valence-electron chi connectivity index (χ1n) is 6.31. The molecule has 0 saturated heterocycles. The van der Waals surface area contributed by atoms with Crippen molar-refractivity contribution in [2.24, 2.45) is 0 Å². The third-order valence-corrected chi connectivity index (χ3v) is 3.20. The third kappa shape index (κ3) is 2.32. The Morgan fingerprint density at radius 1 is 1.38 bits per heavy atom. The summed E-state index contributed by atoms with van der Waals surface area (Å²) in [6, 6.07) is 8.49. The van der Waals surface area contributed by atoms with Crippen molar-refractivity contribution < 1.29 is 4.79 Å². The van der Waals surface area contributed by atoms with E-state index in [1.54, 1.807) is 41.9 Å². The first kappa shape index (κ1) is 12.8. The van der Waals surface area contributed by atoms with Crippen LogP contribution in [0.25, 0.3) is 5.57 Å². The summed E-state index contributed by atoms with van der Waals surface area (Å²) >= 11 is 0. The monoisotopic (exact) mass is 277 g/mol. The van der Waals surface area contributed by atoms with Crippen LogP contribution in [0.15, 0.2) is 49.1 Å². The maximum Gasteiger partial charge on any atom is 0.149 e. The lowest BCUT2D eigenvalue weighted by Crippen LogP contribution is -2.40. The first-order valence-corrected chi connectivity index (χ1v) is 6.31. The van der Waals surface area contributed by atoms with Crippen molar-refractivity contribution >= 4 is 17.7 Å². The van der Waals surface area contributed by atoms with Gasteiger partial charge in [0.2, 0.25) is 0 Å². The number of hydrogen-bond acceptors (Lipinski definition) is 6. The van der Waals surface area contributed by atoms with Gasteiger partial charge in [-0.15, -0.1) is 0 Å². The number of hydrogen-bond donors (Lipinski definition) is 1. The number of carbonyl (C=O) groups is 1. The van der Waals surface area contributed by atoms with E-state index in [-0.39, 0.29) is 0 Å². The molecule has 6 heteroatoms. The van der Waals surface area contributed by atoms with E-state index in [1.807, 2.05) is 12.1 Å². The number of nitrogens with one attached hydrogen (secondary N) is 1. The van der Waals surface area contributed by atoms with Gasteiger partial charge in [-0.3, -0.25) is 9.99 Å². The van der Waals surface area contributed by atoms with E-state index in [0.29, 0.717) is 11.4 Å². The normalized spacial score (nSPS) is 16.8. The topological polar surface area (TPSA) is 81.9 Å². The quantitative estimate of drug-likeness (QED) is 0.851. The Labute approximate surface area is 121 Å². The van der Waals surface area contributed by atoms with Crippen LogP contribution in [0.3, 0.4) is 0 Å². The fourth-order valence-electron chi connectivity index (χ4n) is 2.19. The van der Waals surface area contributed by atoms with Crippen molar-refractivity contribution in [3.8, 4) is 6.07 Å². The van der Waals surface area contributed by atoms with Crippen LogP contribution in [-0.2, 0) is 4.79 Å². The summed E-state index contributed by atoms with van der Waals surface area (Å²) in [4.78, 5) is 19.8. The molecule has 0 aromatic carbocycles. The molecule has 1 unspecified atom stereocenters. The predicted molar refractivity (Wildman–Crippen MR) is 76.6 cm³/mol. The van der Waals surface area contributed by atoms with Crippen molar-refractivity contribution in [1.82, 2.24) is 15.4 Å². The van der Waals surface area contributed by atoms with E-state index in [9.17, 15) is 4.79 Å². The molecule has 21 heavy (non-hydrogen) atoms. The molecule has 1 atom stereocenters. The molecular formula is C15H11N5O. The number of aldehydes is 1. The Hall–Kier alpha value is -3.20. The zero-order chi connectivity index (χ0) is 14.7. The van der Waals surface area contributed by atoms with Gasteiger partial charge in [-0.2, -0.15) is 5.26 Å². The summed E-state index contributed by atoms with van der Waals surface area (Å²) in [5.41, 5.74) is 5.17. The minimum atomic E-state index is -0.518. The average molecular weight is 277 g/mol. The number of anilines is 1. The number of nitrogens with zero attached hydrogens (tertiary/aromatic N) is 4. The molecule has 0 bridgehead atoms. The molecule has 3 heterocycles. The Kier molecular flexibility index (Phi) is 3.31. The van der Waals surface area contributed by atoms with Crippen molar-refractivity contribution in [1.29, 1.82) is 5.26 Å². The SMILES string of the molecule is N#Cc1ccnc(N2NC=C(c3cccnc3)C2C=O)c1. The van der Waals surface area contributed by atoms with Gasteiger partial charge in [0.15, 0.2) is 0 Å². The van der Waals surface area contributed by atoms with Gasteiger partial charge in [0, 0.05) is 42.0 Å². The maximum absolute atomic E-state index is 11.5. The molecule has 2 aromatic heterocycles. The first-order chi connectivity index (χ1) is 10.3. The minimum Gasteiger partial charge on any atom is -0.303 e. The standard InChI is InChI=1S/C15H11N5O/c16-7-11-3-5-18-15(6-11)20-14(10-21)13(9-19-20)12-2-1-4-17-8-12/h1-6,8-10,14,19H. The number of hydrazine groups is 1. The van der Waals surface area contributed by atoms with E-state index in [1.165, 1.54) is 0 Å². The van der Waals surface area contributed by atoms with E-state index >= 15 is 0 Å². The van der Waals surface area contributed by atoms with E-state index in [4.69, 9.17) is 5.26 Å². The van der Waals surface area contributed by atoms with Crippen molar-refractivity contribution in [2.45, 2.75) is 6.04 Å². The summed E-state index contributed by atoms with van der Waals surface area (Å²) < 4.78 is 0. The second-order valence-corrected chi connectivity index (χ2v) is 4.44. The van der Waals surface area contributed by atoms with Crippen LogP contribution in [0.2, 0.25) is 0 Å². The molecule has 0 radical (unpaired) electrons. The Balaban J connectivity index is 1.94. The van der Waals surface area contributed by atoms with Crippen LogP contribution in [0.4, 0.5) is 5.82 Å². The van der Waals surface area contributed by atoms with Crippen LogP contribution >= 0.6 is 0 Å². The molecule has 102 valence electrons. The van der Waals surface area contributed by atoms with E-state index < -0.39 is 6.04 Å². The number of pyridine rings is 2. The molecule has 0 aliphatic carbocycles. The van der Waals surface area contributed by atoms with Gasteiger partial charge in [0.1, 0.15) is 18.1 Å². The van der Waals surface area contributed by atoms with Crippen molar-refractivity contribution in [2.75, 3.05) is 5.01 Å². The molecule has 6 nitrogen and oxygen atoms in total. The second kappa shape index (κ2) is 5.43. The lowest BCUT2D eigenvalue weighted by Gasteiger charge is -2.23. The molecule has 1 N–H and O–H groups in total. The zero-order valence-electron chi connectivity index (χ0n) is 11.0. The average Bonchev–Trinajstić information content (AvgIpc) is 2.99.